The number of nitrogens with one attached hydrogen (secondary N) is 3. The molecule has 0 aliphatic carbocycles. The number of aliphatic hydroxyl groups excluding tert-OH is 1. The second kappa shape index (κ2) is 8.94. The van der Waals surface area contributed by atoms with Crippen molar-refractivity contribution in [3.05, 3.63) is 53.1 Å². The number of benzene rings is 2. The molecule has 7 nitrogen and oxygen atoms in total. The number of carbonyl (C=O) groups is 1. The number of amides is 1. The maximum Gasteiger partial charge on any atom is 0.416 e. The first-order valence-electron chi connectivity index (χ1n) is 9.81. The zero-order valence-corrected chi connectivity index (χ0v) is 17.0. The van der Waals surface area contributed by atoms with Gasteiger partial charge in [0.05, 0.1) is 22.6 Å². The minimum absolute atomic E-state index is 0.151. The van der Waals surface area contributed by atoms with E-state index in [1.165, 1.54) is 12.1 Å². The molecule has 3 rings (SSSR count). The number of likely N-dealkylation sites (N-methyl/N-ethyl adjacent to an activating group) is 1. The monoisotopic (exact) mass is 435 g/mol. The van der Waals surface area contributed by atoms with Crippen molar-refractivity contribution < 1.29 is 23.1 Å². The number of halogens is 3. The standard InChI is InChI=1S/C21H24F3N5O2/c1-3-11-5-6-12(9-14(11)21(22,23)24)17(26-4-2)18(30)19(31)27-13-7-8-15-16(10-13)29-20(25)28-15/h5-10,17-18,26,30H,3-4H2,1-2H3,(H,27,31)(H3,25,28,29). The number of nitrogens with two attached hydrogens (primary N) is 1. The number of aromatic nitrogens is 2. The molecule has 2 aromatic carbocycles. The molecule has 0 bridgehead atoms. The summed E-state index contributed by atoms with van der Waals surface area (Å²) in [5.74, 6) is -0.535. The van der Waals surface area contributed by atoms with Crippen LogP contribution in [0.1, 0.15) is 36.6 Å². The molecule has 0 radical (unpaired) electrons. The lowest BCUT2D eigenvalue weighted by molar-refractivity contribution is -0.138. The molecule has 166 valence electrons. The topological polar surface area (TPSA) is 116 Å². The summed E-state index contributed by atoms with van der Waals surface area (Å²) in [6.07, 6.45) is -5.95. The molecule has 2 atom stereocenters. The molecular formula is C21H24F3N5O2. The van der Waals surface area contributed by atoms with Gasteiger partial charge in [0, 0.05) is 5.69 Å². The lowest BCUT2D eigenvalue weighted by Gasteiger charge is -2.25. The number of nitrogen functional groups attached to an aromatic ring is 1. The van der Waals surface area contributed by atoms with Crippen molar-refractivity contribution in [2.24, 2.45) is 0 Å². The smallest absolute Gasteiger partial charge is 0.381 e. The number of hydrogen-bond acceptors (Lipinski definition) is 5. The molecule has 1 amide bonds. The van der Waals surface area contributed by atoms with E-state index >= 15 is 0 Å². The number of aryl methyl sites for hydroxylation is 1. The van der Waals surface area contributed by atoms with E-state index < -0.39 is 29.8 Å². The van der Waals surface area contributed by atoms with Crippen LogP contribution in [0, 0.1) is 0 Å². The summed E-state index contributed by atoms with van der Waals surface area (Å²) in [6.45, 7) is 3.71. The average molecular weight is 435 g/mol. The second-order valence-corrected chi connectivity index (χ2v) is 7.09. The van der Waals surface area contributed by atoms with Crippen molar-refractivity contribution in [1.82, 2.24) is 15.3 Å². The zero-order chi connectivity index (χ0) is 22.8. The molecule has 3 aromatic rings. The maximum absolute atomic E-state index is 13.5. The van der Waals surface area contributed by atoms with E-state index in [0.29, 0.717) is 23.3 Å². The van der Waals surface area contributed by atoms with Gasteiger partial charge in [-0.3, -0.25) is 4.79 Å². The highest BCUT2D eigenvalue weighted by Gasteiger charge is 2.35. The van der Waals surface area contributed by atoms with E-state index in [1.807, 2.05) is 0 Å². The first-order chi connectivity index (χ1) is 14.6. The van der Waals surface area contributed by atoms with Crippen molar-refractivity contribution in [1.29, 1.82) is 0 Å². The number of fused-ring (bicyclic) bond motifs is 1. The van der Waals surface area contributed by atoms with E-state index in [4.69, 9.17) is 5.73 Å². The number of H-pyrrole nitrogens is 1. The fourth-order valence-corrected chi connectivity index (χ4v) is 3.47. The van der Waals surface area contributed by atoms with Gasteiger partial charge in [-0.1, -0.05) is 26.0 Å². The Balaban J connectivity index is 1.86. The molecule has 0 saturated heterocycles. The Hall–Kier alpha value is -3.11. The van der Waals surface area contributed by atoms with Gasteiger partial charge in [-0.05, 0) is 48.4 Å². The van der Waals surface area contributed by atoms with Crippen LogP contribution in [0.5, 0.6) is 0 Å². The Kier molecular flexibility index (Phi) is 6.51. The van der Waals surface area contributed by atoms with Gasteiger partial charge < -0.3 is 26.5 Å². The van der Waals surface area contributed by atoms with Crippen molar-refractivity contribution in [3.63, 3.8) is 0 Å². The van der Waals surface area contributed by atoms with Crippen LogP contribution < -0.4 is 16.4 Å². The third-order valence-corrected chi connectivity index (χ3v) is 4.96. The highest BCUT2D eigenvalue weighted by molar-refractivity contribution is 5.96. The summed E-state index contributed by atoms with van der Waals surface area (Å²) in [5.41, 5.74) is 6.74. The van der Waals surface area contributed by atoms with Crippen molar-refractivity contribution >= 4 is 28.6 Å². The Morgan fingerprint density at radius 2 is 1.97 bits per heavy atom. The molecule has 0 spiro atoms. The van der Waals surface area contributed by atoms with Crippen LogP contribution in [0.3, 0.4) is 0 Å². The first kappa shape index (κ1) is 22.6. The Labute approximate surface area is 176 Å². The minimum Gasteiger partial charge on any atom is -0.381 e. The van der Waals surface area contributed by atoms with E-state index in [1.54, 1.807) is 32.0 Å². The first-order valence-corrected chi connectivity index (χ1v) is 9.81. The Morgan fingerprint density at radius 1 is 1.23 bits per heavy atom. The number of hydrogen-bond donors (Lipinski definition) is 5. The number of carbonyl (C=O) groups excluding carboxylic acids is 1. The van der Waals surface area contributed by atoms with E-state index in [2.05, 4.69) is 20.6 Å². The molecule has 1 aromatic heterocycles. The molecule has 0 aliphatic rings. The normalized spacial score (nSPS) is 13.9. The number of aliphatic hydroxyl groups is 1. The summed E-state index contributed by atoms with van der Waals surface area (Å²) in [7, 11) is 0. The number of aromatic amines is 1. The number of alkyl halides is 3. The molecule has 2 unspecified atom stereocenters. The van der Waals surface area contributed by atoms with Crippen LogP contribution in [0.2, 0.25) is 0 Å². The average Bonchev–Trinajstić information content (AvgIpc) is 3.09. The van der Waals surface area contributed by atoms with Crippen LogP contribution >= 0.6 is 0 Å². The SMILES string of the molecule is CCNC(c1ccc(CC)c(C(F)(F)F)c1)C(O)C(=O)Nc1ccc2nc(N)[nH]c2c1. The predicted octanol–water partition coefficient (Wildman–Crippen LogP) is 3.38. The lowest BCUT2D eigenvalue weighted by Crippen LogP contribution is -2.40. The highest BCUT2D eigenvalue weighted by atomic mass is 19.4. The largest absolute Gasteiger partial charge is 0.416 e. The van der Waals surface area contributed by atoms with Crippen LogP contribution in [0.25, 0.3) is 11.0 Å². The molecule has 0 saturated carbocycles. The van der Waals surface area contributed by atoms with Crippen molar-refractivity contribution in [2.75, 3.05) is 17.6 Å². The van der Waals surface area contributed by atoms with Crippen LogP contribution in [0.15, 0.2) is 36.4 Å². The van der Waals surface area contributed by atoms with Gasteiger partial charge >= 0.3 is 6.18 Å². The van der Waals surface area contributed by atoms with Gasteiger partial charge in [0.25, 0.3) is 5.91 Å². The van der Waals surface area contributed by atoms with Crippen LogP contribution in [-0.2, 0) is 17.4 Å². The van der Waals surface area contributed by atoms with Gasteiger partial charge in [0.2, 0.25) is 0 Å². The molecular weight excluding hydrogens is 411 g/mol. The lowest BCUT2D eigenvalue weighted by atomic mass is 9.94. The van der Waals surface area contributed by atoms with Crippen LogP contribution in [0.4, 0.5) is 24.8 Å². The molecule has 1 heterocycles. The predicted molar refractivity (Wildman–Crippen MR) is 112 cm³/mol. The summed E-state index contributed by atoms with van der Waals surface area (Å²) in [5, 5.41) is 16.1. The molecule has 31 heavy (non-hydrogen) atoms. The minimum atomic E-state index is -4.54. The molecule has 10 heteroatoms. The van der Waals surface area contributed by atoms with Gasteiger partial charge in [0.1, 0.15) is 0 Å². The van der Waals surface area contributed by atoms with E-state index in [-0.39, 0.29) is 23.5 Å². The Morgan fingerprint density at radius 3 is 2.61 bits per heavy atom. The van der Waals surface area contributed by atoms with E-state index in [0.717, 1.165) is 6.07 Å². The fourth-order valence-electron chi connectivity index (χ4n) is 3.47. The van der Waals surface area contributed by atoms with Crippen molar-refractivity contribution in [2.45, 2.75) is 38.6 Å². The van der Waals surface area contributed by atoms with Gasteiger partial charge in [-0.15, -0.1) is 0 Å². The van der Waals surface area contributed by atoms with Gasteiger partial charge in [0.15, 0.2) is 12.1 Å². The third kappa shape index (κ3) is 4.97. The van der Waals surface area contributed by atoms with Gasteiger partial charge in [-0.2, -0.15) is 13.2 Å². The Bertz CT molecular complexity index is 1080. The maximum atomic E-state index is 13.5. The summed E-state index contributed by atoms with van der Waals surface area (Å²) >= 11 is 0. The molecule has 0 aliphatic heterocycles. The molecule has 6 N–H and O–H groups in total. The van der Waals surface area contributed by atoms with Gasteiger partial charge in [-0.25, -0.2) is 4.98 Å². The number of nitrogens with zero attached hydrogens (tertiary/aromatic N) is 1. The highest BCUT2D eigenvalue weighted by Crippen LogP contribution is 2.34. The number of anilines is 2. The summed E-state index contributed by atoms with van der Waals surface area (Å²) in [4.78, 5) is 19.6. The van der Waals surface area contributed by atoms with Crippen molar-refractivity contribution in [3.8, 4) is 0 Å². The van der Waals surface area contributed by atoms with E-state index in [9.17, 15) is 23.1 Å². The number of rotatable bonds is 7. The quantitative estimate of drug-likeness (QED) is 0.390. The molecule has 0 fully saturated rings. The third-order valence-electron chi connectivity index (χ3n) is 4.96. The number of imidazole rings is 1. The van der Waals surface area contributed by atoms with Crippen LogP contribution in [-0.4, -0.2) is 33.6 Å². The summed E-state index contributed by atoms with van der Waals surface area (Å²) in [6, 6.07) is 7.67. The second-order valence-electron chi connectivity index (χ2n) is 7.09. The zero-order valence-electron chi connectivity index (χ0n) is 17.0. The fraction of sp³-hybridized carbons (Fsp3) is 0.333. The summed E-state index contributed by atoms with van der Waals surface area (Å²) < 4.78 is 40.4.